The third kappa shape index (κ3) is 4.07. The Morgan fingerprint density at radius 1 is 1.06 bits per heavy atom. The number of carbonyl (C=O) groups is 2. The largest absolute Gasteiger partial charge is 0.507 e. The summed E-state index contributed by atoms with van der Waals surface area (Å²) in [5, 5.41) is 11.5. The molecule has 1 saturated heterocycles. The number of methoxy groups -OCH3 is 1. The number of thiazole rings is 1. The van der Waals surface area contributed by atoms with E-state index in [1.165, 1.54) is 30.2 Å². The molecule has 9 heteroatoms. The number of ether oxygens (including phenoxy) is 2. The van der Waals surface area contributed by atoms with E-state index >= 15 is 0 Å². The van der Waals surface area contributed by atoms with Gasteiger partial charge in [-0.25, -0.2) is 9.37 Å². The molecule has 0 radical (unpaired) electrons. The van der Waals surface area contributed by atoms with Crippen molar-refractivity contribution in [2.45, 2.75) is 13.0 Å². The van der Waals surface area contributed by atoms with Gasteiger partial charge in [-0.05, 0) is 67.1 Å². The summed E-state index contributed by atoms with van der Waals surface area (Å²) in [7, 11) is 1.53. The van der Waals surface area contributed by atoms with Gasteiger partial charge in [0.1, 0.15) is 23.1 Å². The van der Waals surface area contributed by atoms with Crippen LogP contribution in [0.4, 0.5) is 9.52 Å². The van der Waals surface area contributed by atoms with Gasteiger partial charge in [-0.15, -0.1) is 0 Å². The average Bonchev–Trinajstić information content (AvgIpc) is 3.42. The molecule has 3 aromatic carbocycles. The molecular formula is C27H21FN2O5S. The van der Waals surface area contributed by atoms with Crippen LogP contribution in [0.25, 0.3) is 16.0 Å². The number of hydrogen-bond donors (Lipinski definition) is 1. The third-order valence-electron chi connectivity index (χ3n) is 5.86. The summed E-state index contributed by atoms with van der Waals surface area (Å²) in [6, 6.07) is 16.7. The number of amides is 1. The molecule has 0 spiro atoms. The summed E-state index contributed by atoms with van der Waals surface area (Å²) in [6.07, 6.45) is 0. The summed E-state index contributed by atoms with van der Waals surface area (Å²) in [4.78, 5) is 32.4. The van der Waals surface area contributed by atoms with Gasteiger partial charge in [0.25, 0.3) is 5.78 Å². The molecule has 1 fully saturated rings. The fourth-order valence-corrected chi connectivity index (χ4v) is 5.17. The van der Waals surface area contributed by atoms with Crippen molar-refractivity contribution < 1.29 is 28.6 Å². The number of aliphatic hydroxyl groups is 1. The van der Waals surface area contributed by atoms with Crippen LogP contribution in [0, 0.1) is 5.82 Å². The van der Waals surface area contributed by atoms with Gasteiger partial charge in [0.05, 0.1) is 35.5 Å². The zero-order chi connectivity index (χ0) is 25.4. The molecule has 0 saturated carbocycles. The molecule has 4 aromatic rings. The monoisotopic (exact) mass is 504 g/mol. The number of halogens is 1. The smallest absolute Gasteiger partial charge is 0.301 e. The van der Waals surface area contributed by atoms with Crippen LogP contribution in [-0.4, -0.2) is 35.5 Å². The van der Waals surface area contributed by atoms with Crippen LogP contribution in [0.3, 0.4) is 0 Å². The molecule has 36 heavy (non-hydrogen) atoms. The Morgan fingerprint density at radius 2 is 1.75 bits per heavy atom. The Balaban J connectivity index is 1.68. The molecule has 1 aliphatic rings. The number of benzene rings is 3. The molecule has 7 nitrogen and oxygen atoms in total. The number of rotatable bonds is 6. The minimum Gasteiger partial charge on any atom is -0.507 e. The number of anilines is 1. The molecular weight excluding hydrogens is 483 g/mol. The molecule has 1 N–H and O–H groups in total. The van der Waals surface area contributed by atoms with Gasteiger partial charge in [0.15, 0.2) is 5.13 Å². The SMILES string of the molecule is CCOc1ccc(/C(O)=C2\C(=O)C(=O)N(c3nc4ccc(F)cc4s3)[C@@H]2c2ccc(OC)cc2)cc1. The molecule has 1 aliphatic heterocycles. The Kier molecular flexibility index (Phi) is 6.15. The third-order valence-corrected chi connectivity index (χ3v) is 6.88. The van der Waals surface area contributed by atoms with E-state index in [2.05, 4.69) is 4.98 Å². The van der Waals surface area contributed by atoms with Gasteiger partial charge in [-0.1, -0.05) is 23.5 Å². The molecule has 2 heterocycles. The van der Waals surface area contributed by atoms with Crippen LogP contribution in [0.5, 0.6) is 11.5 Å². The van der Waals surface area contributed by atoms with E-state index in [0.29, 0.717) is 39.4 Å². The maximum atomic E-state index is 13.8. The Morgan fingerprint density at radius 3 is 2.42 bits per heavy atom. The van der Waals surface area contributed by atoms with E-state index in [-0.39, 0.29) is 16.5 Å². The van der Waals surface area contributed by atoms with Gasteiger partial charge >= 0.3 is 5.91 Å². The van der Waals surface area contributed by atoms with Crippen molar-refractivity contribution in [2.24, 2.45) is 0 Å². The summed E-state index contributed by atoms with van der Waals surface area (Å²) in [5.74, 6) is -1.20. The highest BCUT2D eigenvalue weighted by molar-refractivity contribution is 7.22. The minimum absolute atomic E-state index is 0.0697. The van der Waals surface area contributed by atoms with Gasteiger partial charge in [0, 0.05) is 5.56 Å². The van der Waals surface area contributed by atoms with E-state index in [0.717, 1.165) is 11.3 Å². The van der Waals surface area contributed by atoms with E-state index in [1.807, 2.05) is 6.92 Å². The summed E-state index contributed by atoms with van der Waals surface area (Å²) < 4.78 is 25.0. The predicted molar refractivity (Wildman–Crippen MR) is 135 cm³/mol. The highest BCUT2D eigenvalue weighted by Gasteiger charge is 2.48. The first-order valence-corrected chi connectivity index (χ1v) is 12.0. The van der Waals surface area contributed by atoms with Crippen molar-refractivity contribution in [2.75, 3.05) is 18.6 Å². The maximum absolute atomic E-state index is 13.8. The Labute approximate surface area is 210 Å². The summed E-state index contributed by atoms with van der Waals surface area (Å²) in [6.45, 7) is 2.35. The first-order chi connectivity index (χ1) is 17.4. The van der Waals surface area contributed by atoms with E-state index in [9.17, 15) is 19.1 Å². The van der Waals surface area contributed by atoms with Gasteiger partial charge in [-0.3, -0.25) is 14.5 Å². The first-order valence-electron chi connectivity index (χ1n) is 11.2. The number of carbonyl (C=O) groups excluding carboxylic acids is 2. The lowest BCUT2D eigenvalue weighted by atomic mass is 9.95. The van der Waals surface area contributed by atoms with Crippen molar-refractivity contribution in [1.29, 1.82) is 0 Å². The lowest BCUT2D eigenvalue weighted by Crippen LogP contribution is -2.29. The number of aliphatic hydroxyl groups excluding tert-OH is 1. The molecule has 0 aliphatic carbocycles. The first kappa shape index (κ1) is 23.5. The minimum atomic E-state index is -0.951. The number of aromatic nitrogens is 1. The highest BCUT2D eigenvalue weighted by atomic mass is 32.1. The normalized spacial score (nSPS) is 17.1. The van der Waals surface area contributed by atoms with Crippen LogP contribution >= 0.6 is 11.3 Å². The number of ketones is 1. The van der Waals surface area contributed by atoms with Crippen LogP contribution in [0.2, 0.25) is 0 Å². The molecule has 0 bridgehead atoms. The zero-order valence-electron chi connectivity index (χ0n) is 19.4. The molecule has 0 unspecified atom stereocenters. The maximum Gasteiger partial charge on any atom is 0.301 e. The second-order valence-electron chi connectivity index (χ2n) is 8.01. The van der Waals surface area contributed by atoms with E-state index < -0.39 is 23.5 Å². The Bertz CT molecular complexity index is 1500. The number of Topliss-reactive ketones (excluding diaryl/α,β-unsaturated/α-hetero) is 1. The summed E-state index contributed by atoms with van der Waals surface area (Å²) >= 11 is 1.09. The topological polar surface area (TPSA) is 89.0 Å². The fourth-order valence-electron chi connectivity index (χ4n) is 4.15. The van der Waals surface area contributed by atoms with Crippen LogP contribution in [0.15, 0.2) is 72.3 Å². The van der Waals surface area contributed by atoms with Crippen LogP contribution < -0.4 is 14.4 Å². The van der Waals surface area contributed by atoms with Crippen molar-refractivity contribution in [3.05, 3.63) is 89.2 Å². The van der Waals surface area contributed by atoms with Gasteiger partial charge in [0.2, 0.25) is 0 Å². The molecule has 5 rings (SSSR count). The predicted octanol–water partition coefficient (Wildman–Crippen LogP) is 5.47. The quantitative estimate of drug-likeness (QED) is 0.213. The van der Waals surface area contributed by atoms with Crippen LogP contribution in [-0.2, 0) is 9.59 Å². The molecule has 1 aromatic heterocycles. The van der Waals surface area contributed by atoms with Crippen molar-refractivity contribution in [1.82, 2.24) is 4.98 Å². The van der Waals surface area contributed by atoms with Gasteiger partial charge < -0.3 is 14.6 Å². The van der Waals surface area contributed by atoms with Crippen LogP contribution in [0.1, 0.15) is 24.1 Å². The van der Waals surface area contributed by atoms with Crippen molar-refractivity contribution in [3.8, 4) is 11.5 Å². The number of hydrogen-bond acceptors (Lipinski definition) is 7. The fraction of sp³-hybridized carbons (Fsp3) is 0.148. The molecule has 182 valence electrons. The van der Waals surface area contributed by atoms with E-state index in [4.69, 9.17) is 9.47 Å². The highest BCUT2D eigenvalue weighted by Crippen LogP contribution is 2.44. The lowest BCUT2D eigenvalue weighted by molar-refractivity contribution is -0.132. The zero-order valence-corrected chi connectivity index (χ0v) is 20.2. The standard InChI is InChI=1S/C27H21FN2O5S/c1-3-35-19-11-6-16(7-12-19)24(31)22-23(15-4-9-18(34-2)10-5-15)30(26(33)25(22)32)27-29-20-13-8-17(28)14-21(20)36-27/h4-14,23,31H,3H2,1-2H3/b24-22+/t23-/m1/s1. The van der Waals surface area contributed by atoms with Crippen molar-refractivity contribution in [3.63, 3.8) is 0 Å². The second kappa shape index (κ2) is 9.43. The number of nitrogens with zero attached hydrogens (tertiary/aromatic N) is 2. The average molecular weight is 505 g/mol. The summed E-state index contributed by atoms with van der Waals surface area (Å²) in [5.41, 5.74) is 1.37. The van der Waals surface area contributed by atoms with E-state index in [1.54, 1.807) is 48.5 Å². The van der Waals surface area contributed by atoms with Gasteiger partial charge in [-0.2, -0.15) is 0 Å². The second-order valence-corrected chi connectivity index (χ2v) is 9.02. The molecule has 1 amide bonds. The molecule has 1 atom stereocenters. The van der Waals surface area contributed by atoms with Crippen molar-refractivity contribution >= 4 is 44.1 Å². The number of fused-ring (bicyclic) bond motifs is 1. The Hall–Kier alpha value is -4.24. The lowest BCUT2D eigenvalue weighted by Gasteiger charge is -2.23.